The van der Waals surface area contributed by atoms with Gasteiger partial charge in [-0.3, -0.25) is 0 Å². The SMILES string of the molecule is CC(C)(C)c1cccc(N=Nc2ccccc2)c1. The molecule has 0 heterocycles. The normalized spacial score (nSPS) is 11.9. The number of hydrogen-bond donors (Lipinski definition) is 0. The van der Waals surface area contributed by atoms with Gasteiger partial charge in [0, 0.05) is 0 Å². The van der Waals surface area contributed by atoms with E-state index in [-0.39, 0.29) is 5.41 Å². The summed E-state index contributed by atoms with van der Waals surface area (Å²) in [6, 6.07) is 18.0. The number of rotatable bonds is 2. The van der Waals surface area contributed by atoms with Gasteiger partial charge in [-0.05, 0) is 35.2 Å². The first kappa shape index (κ1) is 12.5. The third-order valence-corrected chi connectivity index (χ3v) is 2.75. The molecule has 0 saturated heterocycles. The van der Waals surface area contributed by atoms with Gasteiger partial charge in [0.25, 0.3) is 0 Å². The molecule has 2 rings (SSSR count). The molecule has 0 saturated carbocycles. The van der Waals surface area contributed by atoms with Gasteiger partial charge in [-0.15, -0.1) is 0 Å². The van der Waals surface area contributed by atoms with Crippen molar-refractivity contribution in [2.75, 3.05) is 0 Å². The number of nitrogens with zero attached hydrogens (tertiary/aromatic N) is 2. The van der Waals surface area contributed by atoms with Gasteiger partial charge in [0.1, 0.15) is 0 Å². The molecule has 0 aliphatic carbocycles. The van der Waals surface area contributed by atoms with Crippen molar-refractivity contribution in [2.45, 2.75) is 26.2 Å². The Bertz CT molecular complexity index is 537. The van der Waals surface area contributed by atoms with Gasteiger partial charge in [0.15, 0.2) is 0 Å². The van der Waals surface area contributed by atoms with Crippen molar-refractivity contribution in [3.63, 3.8) is 0 Å². The van der Waals surface area contributed by atoms with Crippen LogP contribution in [0.1, 0.15) is 26.3 Å². The lowest BCUT2D eigenvalue weighted by molar-refractivity contribution is 0.590. The lowest BCUT2D eigenvalue weighted by atomic mass is 9.87. The highest BCUT2D eigenvalue weighted by Crippen LogP contribution is 2.26. The van der Waals surface area contributed by atoms with Gasteiger partial charge < -0.3 is 0 Å². The molecular formula is C16H18N2. The summed E-state index contributed by atoms with van der Waals surface area (Å²) in [5.41, 5.74) is 3.18. The molecule has 2 nitrogen and oxygen atoms in total. The first-order valence-electron chi connectivity index (χ1n) is 6.13. The van der Waals surface area contributed by atoms with Crippen LogP contribution in [0.5, 0.6) is 0 Å². The van der Waals surface area contributed by atoms with E-state index in [1.807, 2.05) is 42.5 Å². The van der Waals surface area contributed by atoms with Crippen molar-refractivity contribution >= 4 is 11.4 Å². The van der Waals surface area contributed by atoms with Crippen LogP contribution < -0.4 is 0 Å². The molecule has 0 amide bonds. The lowest BCUT2D eigenvalue weighted by Crippen LogP contribution is -2.10. The first-order valence-corrected chi connectivity index (χ1v) is 6.13. The van der Waals surface area contributed by atoms with E-state index < -0.39 is 0 Å². The van der Waals surface area contributed by atoms with Gasteiger partial charge in [-0.25, -0.2) is 0 Å². The highest BCUT2D eigenvalue weighted by molar-refractivity contribution is 5.43. The van der Waals surface area contributed by atoms with Crippen molar-refractivity contribution in [3.05, 3.63) is 60.2 Å². The zero-order chi connectivity index (χ0) is 13.0. The Balaban J connectivity index is 2.23. The fourth-order valence-electron chi connectivity index (χ4n) is 1.64. The molecule has 2 aromatic carbocycles. The fraction of sp³-hybridized carbons (Fsp3) is 0.250. The van der Waals surface area contributed by atoms with Crippen LogP contribution in [0.25, 0.3) is 0 Å². The van der Waals surface area contributed by atoms with Crippen LogP contribution in [0.4, 0.5) is 11.4 Å². The maximum absolute atomic E-state index is 4.28. The van der Waals surface area contributed by atoms with Crippen LogP contribution >= 0.6 is 0 Å². The van der Waals surface area contributed by atoms with Crippen molar-refractivity contribution in [1.82, 2.24) is 0 Å². The van der Waals surface area contributed by atoms with Crippen molar-refractivity contribution < 1.29 is 0 Å². The fourth-order valence-corrected chi connectivity index (χ4v) is 1.64. The monoisotopic (exact) mass is 238 g/mol. The smallest absolute Gasteiger partial charge is 0.0860 e. The molecule has 92 valence electrons. The average molecular weight is 238 g/mol. The van der Waals surface area contributed by atoms with Gasteiger partial charge >= 0.3 is 0 Å². The van der Waals surface area contributed by atoms with Gasteiger partial charge in [-0.1, -0.05) is 51.1 Å². The van der Waals surface area contributed by atoms with E-state index in [4.69, 9.17) is 0 Å². The minimum absolute atomic E-state index is 0.137. The van der Waals surface area contributed by atoms with E-state index in [0.717, 1.165) is 11.4 Å². The second-order valence-corrected chi connectivity index (χ2v) is 5.34. The third kappa shape index (κ3) is 3.27. The highest BCUT2D eigenvalue weighted by Gasteiger charge is 2.13. The molecule has 0 aromatic heterocycles. The van der Waals surface area contributed by atoms with Crippen LogP contribution in [0.2, 0.25) is 0 Å². The summed E-state index contributed by atoms with van der Waals surface area (Å²) in [6.07, 6.45) is 0. The Hall–Kier alpha value is -1.96. The van der Waals surface area contributed by atoms with Crippen LogP contribution in [-0.2, 0) is 5.41 Å². The van der Waals surface area contributed by atoms with E-state index >= 15 is 0 Å². The molecule has 0 spiro atoms. The second-order valence-electron chi connectivity index (χ2n) is 5.34. The minimum Gasteiger partial charge on any atom is -0.151 e. The molecule has 2 aromatic rings. The predicted octanol–water partition coefficient (Wildman–Crippen LogP) is 5.40. The van der Waals surface area contributed by atoms with Crippen molar-refractivity contribution in [1.29, 1.82) is 0 Å². The third-order valence-electron chi connectivity index (χ3n) is 2.75. The largest absolute Gasteiger partial charge is 0.151 e. The van der Waals surface area contributed by atoms with E-state index in [1.165, 1.54) is 5.56 Å². The number of benzene rings is 2. The van der Waals surface area contributed by atoms with E-state index in [2.05, 4.69) is 43.1 Å². The minimum atomic E-state index is 0.137. The summed E-state index contributed by atoms with van der Waals surface area (Å²) in [4.78, 5) is 0. The maximum atomic E-state index is 4.28. The van der Waals surface area contributed by atoms with Crippen LogP contribution in [0.3, 0.4) is 0 Å². The van der Waals surface area contributed by atoms with Gasteiger partial charge in [-0.2, -0.15) is 10.2 Å². The highest BCUT2D eigenvalue weighted by atomic mass is 15.1. The topological polar surface area (TPSA) is 24.7 Å². The molecule has 0 unspecified atom stereocenters. The molecule has 0 bridgehead atoms. The Morgan fingerprint density at radius 1 is 0.722 bits per heavy atom. The maximum Gasteiger partial charge on any atom is 0.0860 e. The lowest BCUT2D eigenvalue weighted by Gasteiger charge is -2.18. The summed E-state index contributed by atoms with van der Waals surface area (Å²) in [5.74, 6) is 0. The zero-order valence-corrected chi connectivity index (χ0v) is 11.1. The Kier molecular flexibility index (Phi) is 3.56. The Labute approximate surface area is 108 Å². The van der Waals surface area contributed by atoms with Gasteiger partial charge in [0.2, 0.25) is 0 Å². The van der Waals surface area contributed by atoms with Crippen LogP contribution in [0.15, 0.2) is 64.8 Å². The molecule has 0 N–H and O–H groups in total. The number of hydrogen-bond acceptors (Lipinski definition) is 2. The molecular weight excluding hydrogens is 220 g/mol. The molecule has 0 fully saturated rings. The van der Waals surface area contributed by atoms with Crippen LogP contribution in [-0.4, -0.2) is 0 Å². The molecule has 2 heteroatoms. The molecule has 0 aliphatic rings. The van der Waals surface area contributed by atoms with Crippen molar-refractivity contribution in [2.24, 2.45) is 10.2 Å². The molecule has 0 atom stereocenters. The first-order chi connectivity index (χ1) is 8.55. The van der Waals surface area contributed by atoms with Crippen molar-refractivity contribution in [3.8, 4) is 0 Å². The second kappa shape index (κ2) is 5.13. The standard InChI is InChI=1S/C16H18N2/c1-16(2,3)13-8-7-11-15(12-13)18-17-14-9-5-4-6-10-14/h4-12H,1-3H3. The van der Waals surface area contributed by atoms with E-state index in [0.29, 0.717) is 0 Å². The summed E-state index contributed by atoms with van der Waals surface area (Å²) < 4.78 is 0. The Morgan fingerprint density at radius 2 is 1.33 bits per heavy atom. The molecule has 0 radical (unpaired) electrons. The summed E-state index contributed by atoms with van der Waals surface area (Å²) in [6.45, 7) is 6.58. The number of azo groups is 1. The molecule has 0 aliphatic heterocycles. The average Bonchev–Trinajstić information content (AvgIpc) is 2.37. The predicted molar refractivity (Wildman–Crippen MR) is 75.8 cm³/mol. The zero-order valence-electron chi connectivity index (χ0n) is 11.1. The molecule has 18 heavy (non-hydrogen) atoms. The summed E-state index contributed by atoms with van der Waals surface area (Å²) >= 11 is 0. The van der Waals surface area contributed by atoms with E-state index in [1.54, 1.807) is 0 Å². The van der Waals surface area contributed by atoms with E-state index in [9.17, 15) is 0 Å². The summed E-state index contributed by atoms with van der Waals surface area (Å²) in [7, 11) is 0. The summed E-state index contributed by atoms with van der Waals surface area (Å²) in [5, 5.41) is 8.50. The Morgan fingerprint density at radius 3 is 2.00 bits per heavy atom. The van der Waals surface area contributed by atoms with Gasteiger partial charge in [0.05, 0.1) is 11.4 Å². The quantitative estimate of drug-likeness (QED) is 0.626. The van der Waals surface area contributed by atoms with Crippen LogP contribution in [0, 0.1) is 0 Å².